The molecule has 1 aromatic rings. The molecule has 5 nitrogen and oxygen atoms in total. The lowest BCUT2D eigenvalue weighted by molar-refractivity contribution is 0.195. The summed E-state index contributed by atoms with van der Waals surface area (Å²) < 4.78 is 5.23. The normalized spacial score (nSPS) is 19.8. The molecule has 0 spiro atoms. The molecule has 2 rings (SSSR count). The molecule has 0 aliphatic carbocycles. The van der Waals surface area contributed by atoms with Crippen molar-refractivity contribution in [2.24, 2.45) is 0 Å². The SMILES string of the molecule is N#Cc1ccnc(NC2CCOC2)c1N. The van der Waals surface area contributed by atoms with Gasteiger partial charge in [-0.25, -0.2) is 4.98 Å². The summed E-state index contributed by atoms with van der Waals surface area (Å²) in [7, 11) is 0. The molecule has 3 N–H and O–H groups in total. The fraction of sp³-hybridized carbons (Fsp3) is 0.400. The first-order valence-corrected chi connectivity index (χ1v) is 4.80. The Labute approximate surface area is 87.9 Å². The monoisotopic (exact) mass is 204 g/mol. The number of ether oxygens (including phenoxy) is 1. The summed E-state index contributed by atoms with van der Waals surface area (Å²) in [6, 6.07) is 3.87. The van der Waals surface area contributed by atoms with E-state index < -0.39 is 0 Å². The van der Waals surface area contributed by atoms with Crippen LogP contribution in [0, 0.1) is 11.3 Å². The molecule has 1 aliphatic rings. The third-order valence-corrected chi connectivity index (χ3v) is 2.38. The summed E-state index contributed by atoms with van der Waals surface area (Å²) in [4.78, 5) is 4.11. The molecule has 0 bridgehead atoms. The number of nitrogens with one attached hydrogen (secondary N) is 1. The van der Waals surface area contributed by atoms with E-state index in [-0.39, 0.29) is 6.04 Å². The fourth-order valence-electron chi connectivity index (χ4n) is 1.53. The molecular formula is C10H12N4O. The molecule has 5 heteroatoms. The average Bonchev–Trinajstić information content (AvgIpc) is 2.74. The summed E-state index contributed by atoms with van der Waals surface area (Å²) in [6.07, 6.45) is 2.52. The first-order valence-electron chi connectivity index (χ1n) is 4.80. The Morgan fingerprint density at radius 2 is 2.53 bits per heavy atom. The molecule has 0 amide bonds. The average molecular weight is 204 g/mol. The minimum absolute atomic E-state index is 0.244. The van der Waals surface area contributed by atoms with Crippen LogP contribution in [-0.4, -0.2) is 24.2 Å². The quantitative estimate of drug-likeness (QED) is 0.742. The van der Waals surface area contributed by atoms with E-state index in [2.05, 4.69) is 10.3 Å². The molecule has 0 saturated carbocycles. The highest BCUT2D eigenvalue weighted by molar-refractivity contribution is 5.69. The third-order valence-electron chi connectivity index (χ3n) is 2.38. The Morgan fingerprint density at radius 1 is 1.67 bits per heavy atom. The van der Waals surface area contributed by atoms with E-state index in [1.807, 2.05) is 6.07 Å². The van der Waals surface area contributed by atoms with Crippen LogP contribution in [-0.2, 0) is 4.74 Å². The number of nitrogen functional groups attached to an aromatic ring is 1. The predicted octanol–water partition coefficient (Wildman–Crippen LogP) is 0.736. The summed E-state index contributed by atoms with van der Waals surface area (Å²) >= 11 is 0. The highest BCUT2D eigenvalue weighted by Gasteiger charge is 2.17. The first-order chi connectivity index (χ1) is 7.31. The molecular weight excluding hydrogens is 192 g/mol. The number of hydrogen-bond acceptors (Lipinski definition) is 5. The van der Waals surface area contributed by atoms with Crippen LogP contribution in [0.5, 0.6) is 0 Å². The van der Waals surface area contributed by atoms with E-state index in [9.17, 15) is 0 Å². The minimum Gasteiger partial charge on any atom is -0.395 e. The number of aromatic nitrogens is 1. The molecule has 2 heterocycles. The molecule has 78 valence electrons. The second-order valence-corrected chi connectivity index (χ2v) is 3.44. The molecule has 0 radical (unpaired) electrons. The van der Waals surface area contributed by atoms with Crippen molar-refractivity contribution in [1.82, 2.24) is 4.98 Å². The van der Waals surface area contributed by atoms with Gasteiger partial charge in [-0.3, -0.25) is 0 Å². The Hall–Kier alpha value is -1.80. The van der Waals surface area contributed by atoms with Gasteiger partial charge in [0.1, 0.15) is 6.07 Å². The molecule has 1 aliphatic heterocycles. The number of anilines is 2. The van der Waals surface area contributed by atoms with Gasteiger partial charge in [0.2, 0.25) is 0 Å². The van der Waals surface area contributed by atoms with Crippen LogP contribution in [0.4, 0.5) is 11.5 Å². The lowest BCUT2D eigenvalue weighted by atomic mass is 10.2. The van der Waals surface area contributed by atoms with Crippen molar-refractivity contribution in [3.63, 3.8) is 0 Å². The van der Waals surface area contributed by atoms with Crippen molar-refractivity contribution in [2.45, 2.75) is 12.5 Å². The molecule has 1 unspecified atom stereocenters. The van der Waals surface area contributed by atoms with E-state index in [1.165, 1.54) is 0 Å². The molecule has 15 heavy (non-hydrogen) atoms. The van der Waals surface area contributed by atoms with E-state index in [0.29, 0.717) is 23.7 Å². The van der Waals surface area contributed by atoms with E-state index in [4.69, 9.17) is 15.7 Å². The first kappa shape index (κ1) is 9.74. The van der Waals surface area contributed by atoms with Crippen molar-refractivity contribution in [1.29, 1.82) is 5.26 Å². The smallest absolute Gasteiger partial charge is 0.150 e. The predicted molar refractivity (Wildman–Crippen MR) is 56.2 cm³/mol. The van der Waals surface area contributed by atoms with Crippen LogP contribution in [0.25, 0.3) is 0 Å². The standard InChI is InChI=1S/C10H12N4O/c11-5-7-1-3-13-10(9(7)12)14-8-2-4-15-6-8/h1,3,8H,2,4,6,12H2,(H,13,14). The van der Waals surface area contributed by atoms with E-state index >= 15 is 0 Å². The van der Waals surface area contributed by atoms with Gasteiger partial charge < -0.3 is 15.8 Å². The van der Waals surface area contributed by atoms with E-state index in [0.717, 1.165) is 13.0 Å². The van der Waals surface area contributed by atoms with Gasteiger partial charge in [-0.2, -0.15) is 5.26 Å². The van der Waals surface area contributed by atoms with Gasteiger partial charge in [-0.1, -0.05) is 0 Å². The molecule has 1 saturated heterocycles. The van der Waals surface area contributed by atoms with Crippen molar-refractivity contribution >= 4 is 11.5 Å². The van der Waals surface area contributed by atoms with Crippen LogP contribution in [0.2, 0.25) is 0 Å². The summed E-state index contributed by atoms with van der Waals surface area (Å²) in [5, 5.41) is 12.0. The van der Waals surface area contributed by atoms with Crippen molar-refractivity contribution in [2.75, 3.05) is 24.3 Å². The molecule has 1 fully saturated rings. The Kier molecular flexibility index (Phi) is 2.70. The van der Waals surface area contributed by atoms with Gasteiger partial charge in [0.25, 0.3) is 0 Å². The number of hydrogen-bond donors (Lipinski definition) is 2. The number of rotatable bonds is 2. The van der Waals surface area contributed by atoms with Gasteiger partial charge in [0.05, 0.1) is 23.9 Å². The molecule has 0 aromatic carbocycles. The maximum absolute atomic E-state index is 8.79. The van der Waals surface area contributed by atoms with E-state index in [1.54, 1.807) is 12.3 Å². The minimum atomic E-state index is 0.244. The zero-order valence-electron chi connectivity index (χ0n) is 8.23. The van der Waals surface area contributed by atoms with Crippen molar-refractivity contribution in [3.05, 3.63) is 17.8 Å². The molecule has 1 aromatic heterocycles. The highest BCUT2D eigenvalue weighted by atomic mass is 16.5. The number of nitrogens with two attached hydrogens (primary N) is 1. The summed E-state index contributed by atoms with van der Waals surface area (Å²) in [5.74, 6) is 0.574. The number of nitriles is 1. The van der Waals surface area contributed by atoms with Gasteiger partial charge in [-0.05, 0) is 12.5 Å². The van der Waals surface area contributed by atoms with Crippen LogP contribution < -0.4 is 11.1 Å². The summed E-state index contributed by atoms with van der Waals surface area (Å²) in [6.45, 7) is 1.42. The fourth-order valence-corrected chi connectivity index (χ4v) is 1.53. The van der Waals surface area contributed by atoms with Crippen molar-refractivity contribution < 1.29 is 4.74 Å². The van der Waals surface area contributed by atoms with Crippen molar-refractivity contribution in [3.8, 4) is 6.07 Å². The lowest BCUT2D eigenvalue weighted by Crippen LogP contribution is -2.20. The molecule has 1 atom stereocenters. The second kappa shape index (κ2) is 4.15. The largest absolute Gasteiger partial charge is 0.395 e. The lowest BCUT2D eigenvalue weighted by Gasteiger charge is -2.13. The Balaban J connectivity index is 2.17. The maximum atomic E-state index is 8.79. The second-order valence-electron chi connectivity index (χ2n) is 3.44. The Morgan fingerprint density at radius 3 is 3.20 bits per heavy atom. The number of pyridine rings is 1. The van der Waals surface area contributed by atoms with Crippen LogP contribution in [0.1, 0.15) is 12.0 Å². The van der Waals surface area contributed by atoms with Crippen LogP contribution in [0.15, 0.2) is 12.3 Å². The van der Waals surface area contributed by atoms with Crippen LogP contribution >= 0.6 is 0 Å². The van der Waals surface area contributed by atoms with Gasteiger partial charge in [-0.15, -0.1) is 0 Å². The zero-order valence-corrected chi connectivity index (χ0v) is 8.23. The zero-order chi connectivity index (χ0) is 10.7. The topological polar surface area (TPSA) is 84.0 Å². The number of nitrogens with zero attached hydrogens (tertiary/aromatic N) is 2. The van der Waals surface area contributed by atoms with Crippen LogP contribution in [0.3, 0.4) is 0 Å². The highest BCUT2D eigenvalue weighted by Crippen LogP contribution is 2.21. The Bertz CT molecular complexity index is 393. The van der Waals surface area contributed by atoms with Gasteiger partial charge in [0, 0.05) is 12.8 Å². The summed E-state index contributed by atoms with van der Waals surface area (Å²) in [5.41, 5.74) is 6.64. The van der Waals surface area contributed by atoms with Gasteiger partial charge >= 0.3 is 0 Å². The maximum Gasteiger partial charge on any atom is 0.150 e. The van der Waals surface area contributed by atoms with Gasteiger partial charge in [0.15, 0.2) is 5.82 Å². The third kappa shape index (κ3) is 2.00.